The second-order valence-electron chi connectivity index (χ2n) is 9.65. The van der Waals surface area contributed by atoms with E-state index in [9.17, 15) is 18.4 Å². The molecular formula is C31H26F2N8O2. The lowest BCUT2D eigenvalue weighted by molar-refractivity contribution is 0.0940. The Morgan fingerprint density at radius 2 is 1.95 bits per heavy atom. The summed E-state index contributed by atoms with van der Waals surface area (Å²) < 4.78 is 32.5. The number of benzene rings is 2. The van der Waals surface area contributed by atoms with Crippen molar-refractivity contribution in [3.8, 4) is 17.5 Å². The van der Waals surface area contributed by atoms with Crippen LogP contribution in [0.1, 0.15) is 40.1 Å². The van der Waals surface area contributed by atoms with Gasteiger partial charge in [-0.05, 0) is 36.6 Å². The lowest BCUT2D eigenvalue weighted by atomic mass is 10.0. The van der Waals surface area contributed by atoms with Gasteiger partial charge >= 0.3 is 0 Å². The Kier molecular flexibility index (Phi) is 7.72. The number of aryl methyl sites for hydroxylation is 2. The van der Waals surface area contributed by atoms with Crippen LogP contribution < -0.4 is 16.6 Å². The summed E-state index contributed by atoms with van der Waals surface area (Å²) in [4.78, 5) is 31.8. The van der Waals surface area contributed by atoms with E-state index in [2.05, 4.69) is 38.9 Å². The van der Waals surface area contributed by atoms with E-state index in [4.69, 9.17) is 5.73 Å². The number of carbonyl (C=O) groups is 1. The molecule has 0 saturated heterocycles. The summed E-state index contributed by atoms with van der Waals surface area (Å²) in [5.41, 5.74) is 6.97. The number of halogens is 2. The molecule has 1 atom stereocenters. The number of aromatic nitrogens is 5. The van der Waals surface area contributed by atoms with Crippen LogP contribution in [-0.4, -0.2) is 36.2 Å². The van der Waals surface area contributed by atoms with E-state index in [0.717, 1.165) is 12.1 Å². The van der Waals surface area contributed by atoms with E-state index in [-0.39, 0.29) is 28.3 Å². The molecule has 5 aromatic rings. The third-order valence-corrected chi connectivity index (χ3v) is 6.65. The number of rotatable bonds is 6. The minimum absolute atomic E-state index is 0.0305. The fourth-order valence-corrected chi connectivity index (χ4v) is 4.69. The van der Waals surface area contributed by atoms with Gasteiger partial charge in [-0.2, -0.15) is 10.2 Å². The quantitative estimate of drug-likeness (QED) is 0.231. The largest absolute Gasteiger partial charge is 0.381 e. The lowest BCUT2D eigenvalue weighted by Gasteiger charge is -2.21. The van der Waals surface area contributed by atoms with Crippen LogP contribution in [0.4, 0.5) is 20.4 Å². The molecule has 10 nitrogen and oxygen atoms in total. The first-order chi connectivity index (χ1) is 20.6. The van der Waals surface area contributed by atoms with Crippen molar-refractivity contribution in [3.63, 3.8) is 0 Å². The van der Waals surface area contributed by atoms with Crippen molar-refractivity contribution >= 4 is 34.5 Å². The van der Waals surface area contributed by atoms with Gasteiger partial charge in [0.15, 0.2) is 23.3 Å². The molecule has 216 valence electrons. The molecule has 0 fully saturated rings. The van der Waals surface area contributed by atoms with Crippen molar-refractivity contribution in [2.75, 3.05) is 5.73 Å². The van der Waals surface area contributed by atoms with Crippen LogP contribution in [0.5, 0.6) is 0 Å². The molecule has 43 heavy (non-hydrogen) atoms. The molecule has 12 heteroatoms. The SMILES string of the molecule is C=C/C=N\c1c(C(=O)NC(C)c2cc3cccc(C#Cc4cnn(C)c4)c3c(=O)n2-c2ccc(F)c(F)c2)c(N)nn1C. The highest BCUT2D eigenvalue weighted by atomic mass is 19.2. The second kappa shape index (κ2) is 11.6. The fraction of sp³-hybridized carbons (Fsp3) is 0.129. The Morgan fingerprint density at radius 3 is 2.65 bits per heavy atom. The van der Waals surface area contributed by atoms with Gasteiger partial charge in [0.1, 0.15) is 5.56 Å². The standard InChI is InChI=1S/C31H26F2N8O2/c1-5-13-35-29-27(28(34)38-40(29)4)30(42)37-18(2)25-14-21-8-6-7-20(10-9-19-16-36-39(3)17-19)26(21)31(43)41(25)22-11-12-23(32)24(33)15-22/h5-8,11-18H,1H2,2-4H3,(H2,34,38)(H,37,42)/b35-13-. The molecular weight excluding hydrogens is 554 g/mol. The number of pyridine rings is 1. The number of fused-ring (bicyclic) bond motifs is 1. The highest BCUT2D eigenvalue weighted by Crippen LogP contribution is 2.27. The first-order valence-corrected chi connectivity index (χ1v) is 13.0. The first-order valence-electron chi connectivity index (χ1n) is 13.0. The first kappa shape index (κ1) is 28.7. The highest BCUT2D eigenvalue weighted by molar-refractivity contribution is 6.03. The molecule has 0 aliphatic heterocycles. The number of carbonyl (C=O) groups excluding carboxylic acids is 1. The van der Waals surface area contributed by atoms with Gasteiger partial charge in [0, 0.05) is 43.8 Å². The Morgan fingerprint density at radius 1 is 1.16 bits per heavy atom. The zero-order chi connectivity index (χ0) is 30.8. The van der Waals surface area contributed by atoms with E-state index in [1.807, 2.05) is 0 Å². The van der Waals surface area contributed by atoms with E-state index in [1.165, 1.54) is 27.6 Å². The molecule has 1 unspecified atom stereocenters. The van der Waals surface area contributed by atoms with Gasteiger partial charge in [0.05, 0.1) is 28.9 Å². The smallest absolute Gasteiger partial charge is 0.264 e. The van der Waals surface area contributed by atoms with E-state index in [0.29, 0.717) is 22.2 Å². The number of allylic oxidation sites excluding steroid dienone is 1. The van der Waals surface area contributed by atoms with Gasteiger partial charge in [-0.15, -0.1) is 0 Å². The topological polar surface area (TPSA) is 125 Å². The predicted octanol–water partition coefficient (Wildman–Crippen LogP) is 4.10. The van der Waals surface area contributed by atoms with Crippen LogP contribution in [0.15, 0.2) is 77.3 Å². The number of anilines is 1. The van der Waals surface area contributed by atoms with Crippen LogP contribution in [0, 0.1) is 23.5 Å². The number of nitrogens with two attached hydrogens (primary N) is 1. The highest BCUT2D eigenvalue weighted by Gasteiger charge is 2.25. The number of hydrogen-bond acceptors (Lipinski definition) is 6. The average Bonchev–Trinajstić information content (AvgIpc) is 3.52. The van der Waals surface area contributed by atoms with Gasteiger partial charge in [0.25, 0.3) is 11.5 Å². The molecule has 3 heterocycles. The molecule has 0 saturated carbocycles. The van der Waals surface area contributed by atoms with Gasteiger partial charge < -0.3 is 11.1 Å². The Hall–Kier alpha value is -5.83. The van der Waals surface area contributed by atoms with Crippen LogP contribution in [-0.2, 0) is 14.1 Å². The number of aliphatic imine (C=N–C) groups is 1. The number of nitrogens with one attached hydrogen (secondary N) is 1. The number of amides is 1. The molecule has 0 aliphatic carbocycles. The summed E-state index contributed by atoms with van der Waals surface area (Å²) in [6.07, 6.45) is 6.18. The molecule has 3 aromatic heterocycles. The number of hydrogen-bond donors (Lipinski definition) is 2. The van der Waals surface area contributed by atoms with E-state index >= 15 is 0 Å². The molecule has 0 radical (unpaired) electrons. The lowest BCUT2D eigenvalue weighted by Crippen LogP contribution is -2.32. The Labute approximate surface area is 244 Å². The second-order valence-corrected chi connectivity index (χ2v) is 9.65. The predicted molar refractivity (Wildman–Crippen MR) is 160 cm³/mol. The number of nitrogen functional groups attached to an aromatic ring is 1. The number of nitrogens with zero attached hydrogens (tertiary/aromatic N) is 6. The average molecular weight is 581 g/mol. The van der Waals surface area contributed by atoms with Gasteiger partial charge in [0.2, 0.25) is 0 Å². The van der Waals surface area contributed by atoms with E-state index < -0.39 is 29.1 Å². The van der Waals surface area contributed by atoms with Gasteiger partial charge in [-0.25, -0.2) is 18.5 Å². The van der Waals surface area contributed by atoms with E-state index in [1.54, 1.807) is 62.4 Å². The summed E-state index contributed by atoms with van der Waals surface area (Å²) in [5.74, 6) is 3.38. The minimum Gasteiger partial charge on any atom is -0.381 e. The zero-order valence-electron chi connectivity index (χ0n) is 23.5. The maximum Gasteiger partial charge on any atom is 0.264 e. The minimum atomic E-state index is -1.13. The summed E-state index contributed by atoms with van der Waals surface area (Å²) in [5, 5.41) is 11.8. The van der Waals surface area contributed by atoms with Crippen molar-refractivity contribution < 1.29 is 13.6 Å². The normalized spacial score (nSPS) is 11.8. The van der Waals surface area contributed by atoms with Gasteiger partial charge in [-0.3, -0.25) is 18.8 Å². The van der Waals surface area contributed by atoms with Crippen LogP contribution in [0.3, 0.4) is 0 Å². The summed E-state index contributed by atoms with van der Waals surface area (Å²) in [7, 11) is 3.36. The van der Waals surface area contributed by atoms with Crippen molar-refractivity contribution in [1.82, 2.24) is 29.4 Å². The summed E-state index contributed by atoms with van der Waals surface area (Å²) >= 11 is 0. The Bertz CT molecular complexity index is 2060. The molecule has 0 spiro atoms. The molecule has 3 N–H and O–H groups in total. The van der Waals surface area contributed by atoms with Crippen LogP contribution >= 0.6 is 0 Å². The molecule has 5 rings (SSSR count). The van der Waals surface area contributed by atoms with Crippen molar-refractivity contribution in [1.29, 1.82) is 0 Å². The molecule has 2 aromatic carbocycles. The maximum atomic E-state index is 14.4. The van der Waals surface area contributed by atoms with Gasteiger partial charge in [-0.1, -0.05) is 36.6 Å². The molecule has 0 bridgehead atoms. The fourth-order valence-electron chi connectivity index (χ4n) is 4.69. The summed E-state index contributed by atoms with van der Waals surface area (Å²) in [6, 6.07) is 9.21. The molecule has 1 amide bonds. The van der Waals surface area contributed by atoms with Crippen LogP contribution in [0.2, 0.25) is 0 Å². The summed E-state index contributed by atoms with van der Waals surface area (Å²) in [6.45, 7) is 5.24. The van der Waals surface area contributed by atoms with Crippen molar-refractivity contribution in [2.45, 2.75) is 13.0 Å². The van der Waals surface area contributed by atoms with Crippen LogP contribution in [0.25, 0.3) is 16.5 Å². The molecule has 0 aliphatic rings. The van der Waals surface area contributed by atoms with Crippen molar-refractivity contribution in [3.05, 3.63) is 112 Å². The third kappa shape index (κ3) is 5.56. The third-order valence-electron chi connectivity index (χ3n) is 6.65. The maximum absolute atomic E-state index is 14.4. The zero-order valence-corrected chi connectivity index (χ0v) is 23.5. The Balaban J connectivity index is 1.67. The van der Waals surface area contributed by atoms with Crippen molar-refractivity contribution in [2.24, 2.45) is 19.1 Å². The monoisotopic (exact) mass is 580 g/mol.